The van der Waals surface area contributed by atoms with Gasteiger partial charge in [-0.05, 0) is 42.3 Å². The Bertz CT molecular complexity index is 889. The molecule has 0 N–H and O–H groups in total. The van der Waals surface area contributed by atoms with Crippen LogP contribution in [0.4, 0.5) is 0 Å². The Morgan fingerprint density at radius 3 is 2.69 bits per heavy atom. The van der Waals surface area contributed by atoms with Crippen LogP contribution in [-0.2, 0) is 17.8 Å². The lowest BCUT2D eigenvalue weighted by Gasteiger charge is -2.30. The van der Waals surface area contributed by atoms with Gasteiger partial charge in [0.2, 0.25) is 0 Å². The number of ether oxygens (including phenoxy) is 1. The van der Waals surface area contributed by atoms with Crippen molar-refractivity contribution in [1.82, 2.24) is 24.3 Å². The molecular formula is C23H29N5O. The lowest BCUT2D eigenvalue weighted by Crippen LogP contribution is -2.41. The SMILES string of the molecule is Cc1cccnc1-n1cccc1CN(CCN1CCOCC1)Cc1cccnc1. The van der Waals surface area contributed by atoms with Crippen molar-refractivity contribution in [3.63, 3.8) is 0 Å². The maximum absolute atomic E-state index is 5.49. The van der Waals surface area contributed by atoms with Gasteiger partial charge in [-0.1, -0.05) is 12.1 Å². The second kappa shape index (κ2) is 9.78. The summed E-state index contributed by atoms with van der Waals surface area (Å²) in [5.74, 6) is 1.00. The average Bonchev–Trinajstić information content (AvgIpc) is 3.22. The van der Waals surface area contributed by atoms with E-state index in [1.54, 1.807) is 0 Å². The molecule has 1 aliphatic rings. The fourth-order valence-electron chi connectivity index (χ4n) is 3.78. The second-order valence-corrected chi connectivity index (χ2v) is 7.54. The van der Waals surface area contributed by atoms with Crippen molar-refractivity contribution in [2.45, 2.75) is 20.0 Å². The van der Waals surface area contributed by atoms with E-state index >= 15 is 0 Å². The number of aromatic nitrogens is 3. The van der Waals surface area contributed by atoms with Crippen LogP contribution in [0.5, 0.6) is 0 Å². The van der Waals surface area contributed by atoms with Gasteiger partial charge >= 0.3 is 0 Å². The molecule has 6 heteroatoms. The van der Waals surface area contributed by atoms with Gasteiger partial charge in [0, 0.05) is 69.7 Å². The molecule has 4 rings (SSSR count). The largest absolute Gasteiger partial charge is 0.379 e. The van der Waals surface area contributed by atoms with Crippen molar-refractivity contribution < 1.29 is 4.74 Å². The van der Waals surface area contributed by atoms with Crippen LogP contribution in [-0.4, -0.2) is 63.7 Å². The van der Waals surface area contributed by atoms with Gasteiger partial charge in [-0.2, -0.15) is 0 Å². The van der Waals surface area contributed by atoms with E-state index in [9.17, 15) is 0 Å². The van der Waals surface area contributed by atoms with E-state index in [4.69, 9.17) is 4.74 Å². The zero-order valence-electron chi connectivity index (χ0n) is 17.1. The summed E-state index contributed by atoms with van der Waals surface area (Å²) in [7, 11) is 0. The van der Waals surface area contributed by atoms with Crippen LogP contribution in [0.1, 0.15) is 16.8 Å². The van der Waals surface area contributed by atoms with Crippen LogP contribution in [0.3, 0.4) is 0 Å². The van der Waals surface area contributed by atoms with E-state index in [1.807, 2.05) is 30.7 Å². The van der Waals surface area contributed by atoms with Crippen molar-refractivity contribution >= 4 is 0 Å². The van der Waals surface area contributed by atoms with Gasteiger partial charge in [-0.25, -0.2) is 4.98 Å². The third-order valence-corrected chi connectivity index (χ3v) is 5.39. The van der Waals surface area contributed by atoms with Crippen LogP contribution in [0.2, 0.25) is 0 Å². The molecule has 0 saturated carbocycles. The predicted molar refractivity (Wildman–Crippen MR) is 114 cm³/mol. The predicted octanol–water partition coefficient (Wildman–Crippen LogP) is 2.91. The molecule has 152 valence electrons. The van der Waals surface area contributed by atoms with E-state index in [-0.39, 0.29) is 0 Å². The molecule has 4 heterocycles. The summed E-state index contributed by atoms with van der Waals surface area (Å²) >= 11 is 0. The Balaban J connectivity index is 1.50. The van der Waals surface area contributed by atoms with Crippen molar-refractivity contribution in [2.75, 3.05) is 39.4 Å². The molecule has 6 nitrogen and oxygen atoms in total. The Morgan fingerprint density at radius 2 is 1.90 bits per heavy atom. The Morgan fingerprint density at radius 1 is 1.03 bits per heavy atom. The molecular weight excluding hydrogens is 362 g/mol. The lowest BCUT2D eigenvalue weighted by atomic mass is 10.2. The summed E-state index contributed by atoms with van der Waals surface area (Å²) < 4.78 is 7.70. The Kier molecular flexibility index (Phi) is 6.67. The summed E-state index contributed by atoms with van der Waals surface area (Å²) in [4.78, 5) is 13.9. The van der Waals surface area contributed by atoms with Gasteiger partial charge in [-0.15, -0.1) is 0 Å². The van der Waals surface area contributed by atoms with Crippen LogP contribution in [0, 0.1) is 6.92 Å². The zero-order chi connectivity index (χ0) is 19.9. The number of morpholine rings is 1. The number of rotatable bonds is 8. The highest BCUT2D eigenvalue weighted by Crippen LogP contribution is 2.17. The molecule has 0 amide bonds. The number of hydrogen-bond donors (Lipinski definition) is 0. The first kappa shape index (κ1) is 19.8. The molecule has 3 aromatic rings. The van der Waals surface area contributed by atoms with Crippen LogP contribution >= 0.6 is 0 Å². The molecule has 0 radical (unpaired) electrons. The molecule has 0 atom stereocenters. The van der Waals surface area contributed by atoms with E-state index < -0.39 is 0 Å². The number of pyridine rings is 2. The normalized spacial score (nSPS) is 15.1. The monoisotopic (exact) mass is 391 g/mol. The maximum Gasteiger partial charge on any atom is 0.139 e. The number of nitrogens with zero attached hydrogens (tertiary/aromatic N) is 5. The molecule has 29 heavy (non-hydrogen) atoms. The van der Waals surface area contributed by atoms with E-state index in [2.05, 4.69) is 61.7 Å². The van der Waals surface area contributed by atoms with Gasteiger partial charge in [0.05, 0.1) is 13.2 Å². The summed E-state index contributed by atoms with van der Waals surface area (Å²) in [5, 5.41) is 0. The van der Waals surface area contributed by atoms with Crippen molar-refractivity contribution in [1.29, 1.82) is 0 Å². The van der Waals surface area contributed by atoms with Gasteiger partial charge in [0.1, 0.15) is 5.82 Å². The zero-order valence-corrected chi connectivity index (χ0v) is 17.1. The summed E-state index contributed by atoms with van der Waals surface area (Å²) in [6.07, 6.45) is 7.76. The average molecular weight is 392 g/mol. The van der Waals surface area contributed by atoms with Crippen molar-refractivity contribution in [3.8, 4) is 5.82 Å². The van der Waals surface area contributed by atoms with Crippen LogP contribution < -0.4 is 0 Å². The van der Waals surface area contributed by atoms with Crippen LogP contribution in [0.15, 0.2) is 61.2 Å². The van der Waals surface area contributed by atoms with E-state index in [1.165, 1.54) is 16.8 Å². The standard InChI is InChI=1S/C23H29N5O/c1-20-5-2-9-25-23(20)28-10-4-7-22(28)19-27(18-21-6-3-8-24-17-21)12-11-26-13-15-29-16-14-26/h2-10,17H,11-16,18-19H2,1H3. The molecule has 1 aliphatic heterocycles. The second-order valence-electron chi connectivity index (χ2n) is 7.54. The van der Waals surface area contributed by atoms with Crippen molar-refractivity contribution in [3.05, 3.63) is 78.0 Å². The van der Waals surface area contributed by atoms with E-state index in [0.29, 0.717) is 0 Å². The van der Waals surface area contributed by atoms with Crippen LogP contribution in [0.25, 0.3) is 5.82 Å². The minimum Gasteiger partial charge on any atom is -0.379 e. The highest BCUT2D eigenvalue weighted by molar-refractivity contribution is 5.35. The molecule has 1 saturated heterocycles. The quantitative estimate of drug-likeness (QED) is 0.591. The van der Waals surface area contributed by atoms with Gasteiger partial charge in [-0.3, -0.25) is 14.8 Å². The molecule has 0 spiro atoms. The van der Waals surface area contributed by atoms with E-state index in [0.717, 1.165) is 58.3 Å². The first-order valence-corrected chi connectivity index (χ1v) is 10.3. The molecule has 0 aliphatic carbocycles. The molecule has 0 unspecified atom stereocenters. The van der Waals surface area contributed by atoms with Gasteiger partial charge < -0.3 is 9.30 Å². The number of hydrogen-bond acceptors (Lipinski definition) is 5. The fraction of sp³-hybridized carbons (Fsp3) is 0.391. The molecule has 0 bridgehead atoms. The maximum atomic E-state index is 5.49. The minimum absolute atomic E-state index is 0.838. The smallest absolute Gasteiger partial charge is 0.139 e. The topological polar surface area (TPSA) is 46.4 Å². The fourth-order valence-corrected chi connectivity index (χ4v) is 3.78. The molecule has 0 aromatic carbocycles. The lowest BCUT2D eigenvalue weighted by molar-refractivity contribution is 0.0324. The highest BCUT2D eigenvalue weighted by Gasteiger charge is 2.15. The molecule has 1 fully saturated rings. The highest BCUT2D eigenvalue weighted by atomic mass is 16.5. The first-order valence-electron chi connectivity index (χ1n) is 10.3. The summed E-state index contributed by atoms with van der Waals surface area (Å²) in [5.41, 5.74) is 3.66. The Labute approximate surface area is 172 Å². The summed E-state index contributed by atoms with van der Waals surface area (Å²) in [6, 6.07) is 12.6. The minimum atomic E-state index is 0.838. The number of aryl methyl sites for hydroxylation is 1. The van der Waals surface area contributed by atoms with Gasteiger partial charge in [0.25, 0.3) is 0 Å². The van der Waals surface area contributed by atoms with Crippen molar-refractivity contribution in [2.24, 2.45) is 0 Å². The van der Waals surface area contributed by atoms with Gasteiger partial charge in [0.15, 0.2) is 0 Å². The third-order valence-electron chi connectivity index (χ3n) is 5.39. The summed E-state index contributed by atoms with van der Waals surface area (Å²) in [6.45, 7) is 9.61. The molecule has 3 aromatic heterocycles. The first-order chi connectivity index (χ1) is 14.3. The Hall–Kier alpha value is -2.54. The third kappa shape index (κ3) is 5.29.